The normalized spacial score (nSPS) is 9.38. The Morgan fingerprint density at radius 3 is 2.19 bits per heavy atom. The molecule has 0 aliphatic carbocycles. The number of hydrogen-bond acceptors (Lipinski definition) is 1. The third-order valence-electron chi connectivity index (χ3n) is 2.10. The first-order valence-corrected chi connectivity index (χ1v) is 4.82. The molecule has 0 unspecified atom stereocenters. The van der Waals surface area contributed by atoms with Gasteiger partial charge in [-0.3, -0.25) is 4.70 Å². The van der Waals surface area contributed by atoms with Crippen LogP contribution in [0.4, 0.5) is 4.70 Å². The monoisotopic (exact) mass is 222 g/mol. The highest BCUT2D eigenvalue weighted by Crippen LogP contribution is 2.17. The van der Waals surface area contributed by atoms with E-state index in [4.69, 9.17) is 4.74 Å². The summed E-state index contributed by atoms with van der Waals surface area (Å²) in [5, 5.41) is 0. The lowest BCUT2D eigenvalue weighted by Crippen LogP contribution is -2.26. The molecule has 0 atom stereocenters. The second-order valence-electron chi connectivity index (χ2n) is 3.51. The van der Waals surface area contributed by atoms with Crippen LogP contribution in [0.3, 0.4) is 0 Å². The molecule has 2 rings (SSSR count). The van der Waals surface area contributed by atoms with Gasteiger partial charge in [0.25, 0.3) is 0 Å². The van der Waals surface area contributed by atoms with E-state index < -0.39 is 0 Å². The van der Waals surface area contributed by atoms with E-state index in [9.17, 15) is 0 Å². The predicted molar refractivity (Wildman–Crippen MR) is 57.8 cm³/mol. The van der Waals surface area contributed by atoms with E-state index in [0.29, 0.717) is 0 Å². The van der Waals surface area contributed by atoms with Gasteiger partial charge in [0.15, 0.2) is 24.3 Å². The first-order valence-electron chi connectivity index (χ1n) is 4.82. The van der Waals surface area contributed by atoms with Crippen molar-refractivity contribution in [3.63, 3.8) is 0 Å². The summed E-state index contributed by atoms with van der Waals surface area (Å²) < 4.78 is 9.61. The molecule has 0 N–H and O–H groups in total. The minimum atomic E-state index is 0. The summed E-state index contributed by atoms with van der Waals surface area (Å²) in [5.74, 6) is 1.69. The highest BCUT2D eigenvalue weighted by Gasteiger charge is 2.02. The lowest BCUT2D eigenvalue weighted by Gasteiger charge is -2.01. The van der Waals surface area contributed by atoms with Crippen LogP contribution in [-0.2, 0) is 14.1 Å². The first kappa shape index (κ1) is 12.1. The SMILES string of the molecule is C[n+]1ccc(Oc2ccc[n+](C)c2)cc1.F. The van der Waals surface area contributed by atoms with Gasteiger partial charge in [0, 0.05) is 18.2 Å². The molecule has 84 valence electrons. The van der Waals surface area contributed by atoms with Gasteiger partial charge in [0.1, 0.15) is 19.8 Å². The van der Waals surface area contributed by atoms with Crippen LogP contribution in [0.1, 0.15) is 0 Å². The van der Waals surface area contributed by atoms with E-state index in [1.807, 2.05) is 72.3 Å². The van der Waals surface area contributed by atoms with Crippen molar-refractivity contribution in [2.24, 2.45) is 14.1 Å². The van der Waals surface area contributed by atoms with Crippen molar-refractivity contribution < 1.29 is 18.6 Å². The maximum Gasteiger partial charge on any atom is 0.211 e. The third kappa shape index (κ3) is 3.02. The zero-order valence-electron chi connectivity index (χ0n) is 9.33. The summed E-state index contributed by atoms with van der Waals surface area (Å²) in [7, 11) is 3.95. The number of rotatable bonds is 2. The van der Waals surface area contributed by atoms with Crippen LogP contribution in [-0.4, -0.2) is 0 Å². The van der Waals surface area contributed by atoms with Crippen LogP contribution in [0.15, 0.2) is 49.1 Å². The molecule has 0 aromatic carbocycles. The molecule has 0 fully saturated rings. The van der Waals surface area contributed by atoms with Crippen molar-refractivity contribution in [1.29, 1.82) is 0 Å². The van der Waals surface area contributed by atoms with Gasteiger partial charge in [0.05, 0.1) is 0 Å². The average molecular weight is 222 g/mol. The Balaban J connectivity index is 0.00000128. The Bertz CT molecular complexity index is 457. The van der Waals surface area contributed by atoms with Gasteiger partial charge < -0.3 is 4.74 Å². The van der Waals surface area contributed by atoms with E-state index in [0.717, 1.165) is 11.5 Å². The third-order valence-corrected chi connectivity index (χ3v) is 2.10. The number of ether oxygens (including phenoxy) is 1. The molecule has 0 aliphatic heterocycles. The largest absolute Gasteiger partial charge is 0.451 e. The van der Waals surface area contributed by atoms with Crippen molar-refractivity contribution in [2.45, 2.75) is 0 Å². The van der Waals surface area contributed by atoms with Crippen LogP contribution < -0.4 is 13.9 Å². The van der Waals surface area contributed by atoms with E-state index >= 15 is 0 Å². The van der Waals surface area contributed by atoms with Crippen molar-refractivity contribution >= 4 is 0 Å². The fraction of sp³-hybridized carbons (Fsp3) is 0.167. The van der Waals surface area contributed by atoms with E-state index in [2.05, 4.69) is 0 Å². The molecular formula is C12H15FN2O+2. The van der Waals surface area contributed by atoms with Crippen LogP contribution in [0.2, 0.25) is 0 Å². The number of halogens is 1. The van der Waals surface area contributed by atoms with Crippen molar-refractivity contribution in [3.05, 3.63) is 49.1 Å². The highest BCUT2D eigenvalue weighted by molar-refractivity contribution is 5.24. The molecule has 0 saturated heterocycles. The van der Waals surface area contributed by atoms with E-state index in [1.165, 1.54) is 0 Å². The summed E-state index contributed by atoms with van der Waals surface area (Å²) in [4.78, 5) is 0. The van der Waals surface area contributed by atoms with Gasteiger partial charge in [-0.1, -0.05) is 0 Å². The lowest BCUT2D eigenvalue weighted by molar-refractivity contribution is -0.672. The smallest absolute Gasteiger partial charge is 0.211 e. The fourth-order valence-electron chi connectivity index (χ4n) is 1.31. The zero-order chi connectivity index (χ0) is 10.7. The molecule has 3 nitrogen and oxygen atoms in total. The van der Waals surface area contributed by atoms with Crippen LogP contribution in [0.25, 0.3) is 0 Å². The van der Waals surface area contributed by atoms with Crippen molar-refractivity contribution in [1.82, 2.24) is 0 Å². The van der Waals surface area contributed by atoms with Gasteiger partial charge in [-0.05, 0) is 6.07 Å². The standard InChI is InChI=1S/C12H14N2O.FH/c1-13-8-5-11(6-9-13)15-12-4-3-7-14(2)10-12;/h3-10H,1-2H3;1H/q+2;. The summed E-state index contributed by atoms with van der Waals surface area (Å²) in [6, 6.07) is 7.77. The molecule has 0 amide bonds. The minimum absolute atomic E-state index is 0. The Morgan fingerprint density at radius 2 is 1.56 bits per heavy atom. The minimum Gasteiger partial charge on any atom is -0.451 e. The summed E-state index contributed by atoms with van der Waals surface area (Å²) in [6.45, 7) is 0. The number of hydrogen-bond donors (Lipinski definition) is 0. The predicted octanol–water partition coefficient (Wildman–Crippen LogP) is 1.28. The quantitative estimate of drug-likeness (QED) is 0.700. The maximum absolute atomic E-state index is 5.68. The van der Waals surface area contributed by atoms with Crippen molar-refractivity contribution in [2.75, 3.05) is 0 Å². The molecule has 4 heteroatoms. The molecule has 0 saturated carbocycles. The molecule has 2 aromatic heterocycles. The van der Waals surface area contributed by atoms with Gasteiger partial charge in [-0.25, -0.2) is 9.13 Å². The van der Waals surface area contributed by atoms with Gasteiger partial charge in [0.2, 0.25) is 6.20 Å². The molecule has 0 bridgehead atoms. The first-order chi connectivity index (χ1) is 7.24. The second-order valence-corrected chi connectivity index (χ2v) is 3.51. The topological polar surface area (TPSA) is 17.0 Å². The Morgan fingerprint density at radius 1 is 0.875 bits per heavy atom. The Labute approximate surface area is 93.9 Å². The van der Waals surface area contributed by atoms with Crippen molar-refractivity contribution in [3.8, 4) is 11.5 Å². The maximum atomic E-state index is 5.68. The molecule has 16 heavy (non-hydrogen) atoms. The Kier molecular flexibility index (Phi) is 3.94. The fourth-order valence-corrected chi connectivity index (χ4v) is 1.31. The van der Waals surface area contributed by atoms with Gasteiger partial charge in [-0.15, -0.1) is 0 Å². The van der Waals surface area contributed by atoms with E-state index in [-0.39, 0.29) is 4.70 Å². The molecular weight excluding hydrogens is 207 g/mol. The lowest BCUT2D eigenvalue weighted by atomic mass is 10.4. The summed E-state index contributed by atoms with van der Waals surface area (Å²) in [6.07, 6.45) is 7.82. The van der Waals surface area contributed by atoms with Gasteiger partial charge in [-0.2, -0.15) is 0 Å². The molecule has 0 spiro atoms. The molecule has 0 aliphatic rings. The summed E-state index contributed by atoms with van der Waals surface area (Å²) in [5.41, 5.74) is 0. The number of nitrogens with zero attached hydrogens (tertiary/aromatic N) is 2. The zero-order valence-corrected chi connectivity index (χ0v) is 9.33. The molecule has 2 aromatic rings. The summed E-state index contributed by atoms with van der Waals surface area (Å²) >= 11 is 0. The molecule has 0 radical (unpaired) electrons. The van der Waals surface area contributed by atoms with Gasteiger partial charge >= 0.3 is 0 Å². The average Bonchev–Trinajstić information content (AvgIpc) is 2.22. The van der Waals surface area contributed by atoms with Crippen LogP contribution in [0.5, 0.6) is 11.5 Å². The van der Waals surface area contributed by atoms with E-state index in [1.54, 1.807) is 0 Å². The van der Waals surface area contributed by atoms with Crippen LogP contribution in [0, 0.1) is 0 Å². The molecule has 2 heterocycles. The number of aryl methyl sites for hydroxylation is 2. The second kappa shape index (κ2) is 5.21. The Hall–Kier alpha value is -1.97. The van der Waals surface area contributed by atoms with Crippen LogP contribution >= 0.6 is 0 Å². The number of aromatic nitrogens is 2. The highest BCUT2D eigenvalue weighted by atomic mass is 19.0. The number of pyridine rings is 2.